The van der Waals surface area contributed by atoms with E-state index in [1.807, 2.05) is 0 Å². The van der Waals surface area contributed by atoms with Crippen LogP contribution in [0.4, 0.5) is 0 Å². The van der Waals surface area contributed by atoms with Crippen molar-refractivity contribution in [2.45, 2.75) is 64.1 Å². The van der Waals surface area contributed by atoms with E-state index in [1.165, 1.54) is 19.3 Å². The van der Waals surface area contributed by atoms with E-state index in [0.717, 1.165) is 45.3 Å². The minimum absolute atomic E-state index is 0.269. The van der Waals surface area contributed by atoms with Crippen LogP contribution < -0.4 is 0 Å². The van der Waals surface area contributed by atoms with Gasteiger partial charge in [-0.2, -0.15) is 0 Å². The molecule has 0 aromatic carbocycles. The van der Waals surface area contributed by atoms with Crippen molar-refractivity contribution in [2.24, 2.45) is 5.92 Å². The number of carbonyl (C=O) groups is 1. The molecule has 0 N–H and O–H groups in total. The van der Waals surface area contributed by atoms with Gasteiger partial charge < -0.3 is 14.3 Å². The van der Waals surface area contributed by atoms with Gasteiger partial charge in [-0.1, -0.05) is 12.8 Å². The van der Waals surface area contributed by atoms with Crippen molar-refractivity contribution in [3.8, 4) is 0 Å². The molecule has 0 radical (unpaired) electrons. The lowest BCUT2D eigenvalue weighted by atomic mass is 9.85. The fourth-order valence-electron chi connectivity index (χ4n) is 3.00. The van der Waals surface area contributed by atoms with Gasteiger partial charge >= 0.3 is 0 Å². The van der Waals surface area contributed by atoms with Gasteiger partial charge in [-0.15, -0.1) is 0 Å². The summed E-state index contributed by atoms with van der Waals surface area (Å²) in [5.74, 6) is 0.730. The number of carbonyl (C=O) groups excluding carboxylic acids is 1. The van der Waals surface area contributed by atoms with Crippen LogP contribution in [0.5, 0.6) is 0 Å². The summed E-state index contributed by atoms with van der Waals surface area (Å²) >= 11 is 0. The van der Waals surface area contributed by atoms with Crippen LogP contribution in [0.3, 0.4) is 0 Å². The number of ether oxygens (including phenoxy) is 2. The van der Waals surface area contributed by atoms with Crippen molar-refractivity contribution >= 4 is 5.78 Å². The maximum atomic E-state index is 11.0. The number of hydrogen-bond acceptors (Lipinski definition) is 3. The van der Waals surface area contributed by atoms with Gasteiger partial charge in [0.05, 0.1) is 13.2 Å². The van der Waals surface area contributed by atoms with E-state index in [-0.39, 0.29) is 5.79 Å². The van der Waals surface area contributed by atoms with Gasteiger partial charge in [0.15, 0.2) is 5.79 Å². The molecule has 17 heavy (non-hydrogen) atoms. The summed E-state index contributed by atoms with van der Waals surface area (Å²) in [5, 5.41) is 0. The standard InChI is InChI=1S/C14H24O3/c1-12(15)5-6-13-4-2-3-8-14(9-7-13)16-10-11-17-14/h13H,2-11H2,1H3. The normalized spacial score (nSPS) is 28.9. The summed E-state index contributed by atoms with van der Waals surface area (Å²) in [4.78, 5) is 11.0. The Labute approximate surface area is 104 Å². The Morgan fingerprint density at radius 1 is 1.18 bits per heavy atom. The van der Waals surface area contributed by atoms with E-state index in [4.69, 9.17) is 9.47 Å². The molecular formula is C14H24O3. The first-order valence-corrected chi connectivity index (χ1v) is 6.98. The zero-order chi connectivity index (χ0) is 12.1. The molecule has 2 fully saturated rings. The molecule has 98 valence electrons. The van der Waals surface area contributed by atoms with Gasteiger partial charge in [0.2, 0.25) is 0 Å². The molecule has 0 bridgehead atoms. The predicted octanol–water partition coefficient (Wildman–Crippen LogP) is 3.07. The number of Topliss-reactive ketones (excluding diaryl/α,β-unsaturated/α-hetero) is 1. The molecule has 1 saturated carbocycles. The largest absolute Gasteiger partial charge is 0.348 e. The van der Waals surface area contributed by atoms with Crippen LogP contribution in [-0.2, 0) is 14.3 Å². The monoisotopic (exact) mass is 240 g/mol. The SMILES string of the molecule is CC(=O)CCC1CCCCC2(CC1)OCCO2. The second kappa shape index (κ2) is 5.96. The van der Waals surface area contributed by atoms with E-state index in [1.54, 1.807) is 6.92 Å². The van der Waals surface area contributed by atoms with E-state index in [0.29, 0.717) is 11.7 Å². The minimum Gasteiger partial charge on any atom is -0.348 e. The molecule has 1 aliphatic carbocycles. The minimum atomic E-state index is -0.269. The summed E-state index contributed by atoms with van der Waals surface area (Å²) in [5.41, 5.74) is 0. The molecule has 1 aliphatic heterocycles. The lowest BCUT2D eigenvalue weighted by Crippen LogP contribution is -2.32. The zero-order valence-electron chi connectivity index (χ0n) is 10.9. The Hall–Kier alpha value is -0.410. The molecule has 2 aliphatic rings. The predicted molar refractivity (Wildman–Crippen MR) is 65.7 cm³/mol. The molecule has 3 heteroatoms. The van der Waals surface area contributed by atoms with E-state index < -0.39 is 0 Å². The van der Waals surface area contributed by atoms with Gasteiger partial charge in [-0.25, -0.2) is 0 Å². The first-order valence-electron chi connectivity index (χ1n) is 6.98. The zero-order valence-corrected chi connectivity index (χ0v) is 10.9. The molecular weight excluding hydrogens is 216 g/mol. The van der Waals surface area contributed by atoms with Gasteiger partial charge in [0.25, 0.3) is 0 Å². The smallest absolute Gasteiger partial charge is 0.168 e. The first-order chi connectivity index (χ1) is 8.20. The molecule has 1 spiro atoms. The summed E-state index contributed by atoms with van der Waals surface area (Å²) in [6.07, 6.45) is 8.69. The van der Waals surface area contributed by atoms with Gasteiger partial charge in [-0.05, 0) is 32.1 Å². The number of ketones is 1. The lowest BCUT2D eigenvalue weighted by Gasteiger charge is -2.31. The Morgan fingerprint density at radius 2 is 1.94 bits per heavy atom. The molecule has 1 unspecified atom stereocenters. The molecule has 3 nitrogen and oxygen atoms in total. The van der Waals surface area contributed by atoms with E-state index in [9.17, 15) is 4.79 Å². The third kappa shape index (κ3) is 3.78. The second-order valence-electron chi connectivity index (χ2n) is 5.50. The number of rotatable bonds is 3. The van der Waals surface area contributed by atoms with Crippen LogP contribution in [0.15, 0.2) is 0 Å². The van der Waals surface area contributed by atoms with Crippen LogP contribution in [-0.4, -0.2) is 24.8 Å². The summed E-state index contributed by atoms with van der Waals surface area (Å²) in [6.45, 7) is 3.18. The van der Waals surface area contributed by atoms with Crippen LogP contribution in [0.2, 0.25) is 0 Å². The third-order valence-corrected chi connectivity index (χ3v) is 4.07. The maximum absolute atomic E-state index is 11.0. The van der Waals surface area contributed by atoms with Crippen LogP contribution >= 0.6 is 0 Å². The van der Waals surface area contributed by atoms with Crippen LogP contribution in [0.1, 0.15) is 58.3 Å². The van der Waals surface area contributed by atoms with E-state index in [2.05, 4.69) is 0 Å². The Bertz CT molecular complexity index is 256. The molecule has 1 atom stereocenters. The lowest BCUT2D eigenvalue weighted by molar-refractivity contribution is -0.172. The summed E-state index contributed by atoms with van der Waals surface area (Å²) < 4.78 is 11.6. The van der Waals surface area contributed by atoms with Crippen LogP contribution in [0, 0.1) is 5.92 Å². The quantitative estimate of drug-likeness (QED) is 0.760. The van der Waals surface area contributed by atoms with E-state index >= 15 is 0 Å². The third-order valence-electron chi connectivity index (χ3n) is 4.07. The highest BCUT2D eigenvalue weighted by molar-refractivity contribution is 5.75. The average Bonchev–Trinajstić information content (AvgIpc) is 2.73. The fraction of sp³-hybridized carbons (Fsp3) is 0.929. The number of hydrogen-bond donors (Lipinski definition) is 0. The Morgan fingerprint density at radius 3 is 2.65 bits per heavy atom. The highest BCUT2D eigenvalue weighted by atomic mass is 16.7. The Balaban J connectivity index is 1.83. The topological polar surface area (TPSA) is 35.5 Å². The van der Waals surface area contributed by atoms with Crippen molar-refractivity contribution in [1.82, 2.24) is 0 Å². The Kier molecular flexibility index (Phi) is 4.57. The van der Waals surface area contributed by atoms with Crippen molar-refractivity contribution in [3.05, 3.63) is 0 Å². The van der Waals surface area contributed by atoms with Gasteiger partial charge in [0.1, 0.15) is 5.78 Å². The molecule has 0 aromatic rings. The van der Waals surface area contributed by atoms with Gasteiger partial charge in [-0.3, -0.25) is 0 Å². The second-order valence-corrected chi connectivity index (χ2v) is 5.50. The van der Waals surface area contributed by atoms with Crippen molar-refractivity contribution < 1.29 is 14.3 Å². The molecule has 0 aromatic heterocycles. The van der Waals surface area contributed by atoms with Crippen molar-refractivity contribution in [2.75, 3.05) is 13.2 Å². The molecule has 2 rings (SSSR count). The van der Waals surface area contributed by atoms with Crippen LogP contribution in [0.25, 0.3) is 0 Å². The highest BCUT2D eigenvalue weighted by Crippen LogP contribution is 2.36. The molecule has 0 amide bonds. The first kappa shape index (κ1) is 13.0. The highest BCUT2D eigenvalue weighted by Gasteiger charge is 2.37. The maximum Gasteiger partial charge on any atom is 0.168 e. The molecule has 1 saturated heterocycles. The molecule has 1 heterocycles. The summed E-state index contributed by atoms with van der Waals surface area (Å²) in [6, 6.07) is 0. The fourth-order valence-corrected chi connectivity index (χ4v) is 3.00. The van der Waals surface area contributed by atoms with Crippen molar-refractivity contribution in [3.63, 3.8) is 0 Å². The van der Waals surface area contributed by atoms with Gasteiger partial charge in [0, 0.05) is 19.3 Å². The average molecular weight is 240 g/mol. The summed E-state index contributed by atoms with van der Waals surface area (Å²) in [7, 11) is 0. The van der Waals surface area contributed by atoms with Crippen molar-refractivity contribution in [1.29, 1.82) is 0 Å².